The maximum absolute atomic E-state index is 8.08. The normalized spacial score (nSPS) is 12.1. The molecule has 3 nitrogen and oxygen atoms in total. The molecule has 0 spiro atoms. The van der Waals surface area contributed by atoms with E-state index in [0.29, 0.717) is 19.1 Å². The number of nitrogens with zero attached hydrogens (tertiary/aromatic N) is 1. The summed E-state index contributed by atoms with van der Waals surface area (Å²) in [6.07, 6.45) is 1.85. The van der Waals surface area contributed by atoms with Crippen LogP contribution in [0.15, 0.2) is 0 Å². The fourth-order valence-electron chi connectivity index (χ4n) is 0.563. The molecule has 0 saturated heterocycles. The number of methoxy groups -OCH3 is 1. The zero-order chi connectivity index (χ0) is 7.11. The predicted molar refractivity (Wildman–Crippen MR) is 34.7 cm³/mol. The largest absolute Gasteiger partial charge is 0.384 e. The van der Waals surface area contributed by atoms with Crippen LogP contribution in [0.4, 0.5) is 0 Å². The van der Waals surface area contributed by atoms with E-state index in [1.807, 2.05) is 13.1 Å². The van der Waals surface area contributed by atoms with Gasteiger partial charge < -0.3 is 10.1 Å². The number of nitrogens with one attached hydrogen (secondary N) is 1. The molecule has 0 amide bonds. The molecule has 1 unspecified atom stereocenters. The number of ether oxygens (including phenoxy) is 1. The minimum atomic E-state index is 0.412. The van der Waals surface area contributed by atoms with E-state index in [2.05, 4.69) is 5.32 Å². The molecule has 0 aromatic carbocycles. The van der Waals surface area contributed by atoms with E-state index in [0.717, 1.165) is 0 Å². The highest BCUT2D eigenvalue weighted by atomic mass is 16.5. The third kappa shape index (κ3) is 5.12. The van der Waals surface area contributed by atoms with Gasteiger partial charge in [-0.05, 0) is 5.92 Å². The Kier molecular flexibility index (Phi) is 4.94. The van der Waals surface area contributed by atoms with Crippen molar-refractivity contribution in [1.82, 2.24) is 5.32 Å². The van der Waals surface area contributed by atoms with Gasteiger partial charge in [0.25, 0.3) is 0 Å². The Labute approximate surface area is 55.6 Å². The summed E-state index contributed by atoms with van der Waals surface area (Å²) in [5, 5.41) is 10.6. The summed E-state index contributed by atoms with van der Waals surface area (Å²) >= 11 is 0. The molecular formula is C6H12N2O. The van der Waals surface area contributed by atoms with E-state index in [1.54, 1.807) is 7.11 Å². The van der Waals surface area contributed by atoms with Gasteiger partial charge in [-0.2, -0.15) is 5.26 Å². The number of hydrogen-bond donors (Lipinski definition) is 1. The van der Waals surface area contributed by atoms with Gasteiger partial charge in [0, 0.05) is 13.7 Å². The number of hydrogen-bond acceptors (Lipinski definition) is 3. The van der Waals surface area contributed by atoms with Gasteiger partial charge in [0.05, 0.1) is 6.61 Å². The first-order valence-corrected chi connectivity index (χ1v) is 2.92. The molecule has 0 bridgehead atoms. The summed E-state index contributed by atoms with van der Waals surface area (Å²) in [4.78, 5) is 0. The van der Waals surface area contributed by atoms with Crippen molar-refractivity contribution in [1.29, 1.82) is 5.26 Å². The summed E-state index contributed by atoms with van der Waals surface area (Å²) in [5.41, 5.74) is 0. The van der Waals surface area contributed by atoms with E-state index in [1.165, 1.54) is 0 Å². The van der Waals surface area contributed by atoms with Crippen molar-refractivity contribution in [2.75, 3.05) is 20.3 Å². The molecule has 9 heavy (non-hydrogen) atoms. The molecule has 0 heterocycles. The minimum Gasteiger partial charge on any atom is -0.384 e. The molecule has 1 N–H and O–H groups in total. The average molecular weight is 128 g/mol. The monoisotopic (exact) mass is 128 g/mol. The van der Waals surface area contributed by atoms with Gasteiger partial charge in [-0.1, -0.05) is 6.92 Å². The molecule has 0 aliphatic carbocycles. The fourth-order valence-corrected chi connectivity index (χ4v) is 0.563. The standard InChI is InChI=1S/C6H12N2O/c1-6(4-9-2)3-8-5-7/h6,8H,3-4H2,1-2H3. The summed E-state index contributed by atoms with van der Waals surface area (Å²) in [6, 6.07) is 0. The van der Waals surface area contributed by atoms with Crippen molar-refractivity contribution in [3.63, 3.8) is 0 Å². The Bertz CT molecular complexity index is 97.7. The van der Waals surface area contributed by atoms with Gasteiger partial charge in [0.1, 0.15) is 0 Å². The second-order valence-corrected chi connectivity index (χ2v) is 2.05. The van der Waals surface area contributed by atoms with Gasteiger partial charge in [0.2, 0.25) is 0 Å². The second-order valence-electron chi connectivity index (χ2n) is 2.05. The molecule has 0 aromatic heterocycles. The molecule has 1 atom stereocenters. The molecule has 0 aromatic rings. The van der Waals surface area contributed by atoms with Crippen LogP contribution in [0.1, 0.15) is 6.92 Å². The number of rotatable bonds is 4. The molecule has 0 fully saturated rings. The topological polar surface area (TPSA) is 45.0 Å². The van der Waals surface area contributed by atoms with Crippen molar-refractivity contribution in [2.24, 2.45) is 5.92 Å². The van der Waals surface area contributed by atoms with E-state index < -0.39 is 0 Å². The van der Waals surface area contributed by atoms with Crippen LogP contribution >= 0.6 is 0 Å². The van der Waals surface area contributed by atoms with Crippen molar-refractivity contribution in [3.05, 3.63) is 0 Å². The van der Waals surface area contributed by atoms with Crippen LogP contribution in [0.2, 0.25) is 0 Å². The van der Waals surface area contributed by atoms with Crippen LogP contribution in [0, 0.1) is 17.4 Å². The summed E-state index contributed by atoms with van der Waals surface area (Å²) in [6.45, 7) is 3.42. The molecule has 0 saturated carbocycles. The smallest absolute Gasteiger partial charge is 0.176 e. The van der Waals surface area contributed by atoms with Gasteiger partial charge in [-0.15, -0.1) is 0 Å². The highest BCUT2D eigenvalue weighted by Crippen LogP contribution is 1.90. The lowest BCUT2D eigenvalue weighted by molar-refractivity contribution is 0.160. The number of nitriles is 1. The van der Waals surface area contributed by atoms with Crippen LogP contribution in [0.5, 0.6) is 0 Å². The molecule has 0 radical (unpaired) electrons. The van der Waals surface area contributed by atoms with Crippen LogP contribution in [0.3, 0.4) is 0 Å². The third-order valence-electron chi connectivity index (χ3n) is 0.981. The van der Waals surface area contributed by atoms with Crippen LogP contribution in [-0.4, -0.2) is 20.3 Å². The van der Waals surface area contributed by atoms with E-state index in [4.69, 9.17) is 10.00 Å². The van der Waals surface area contributed by atoms with Crippen LogP contribution < -0.4 is 5.32 Å². The maximum atomic E-state index is 8.08. The van der Waals surface area contributed by atoms with Gasteiger partial charge in [-0.25, -0.2) is 0 Å². The highest BCUT2D eigenvalue weighted by Gasteiger charge is 1.97. The fraction of sp³-hybridized carbons (Fsp3) is 0.833. The van der Waals surface area contributed by atoms with Crippen molar-refractivity contribution in [3.8, 4) is 6.19 Å². The minimum absolute atomic E-state index is 0.412. The van der Waals surface area contributed by atoms with E-state index in [9.17, 15) is 0 Å². The molecule has 0 rings (SSSR count). The quantitative estimate of drug-likeness (QED) is 0.438. The average Bonchev–Trinajstić information content (AvgIpc) is 1.85. The molecule has 3 heteroatoms. The predicted octanol–water partition coefficient (Wildman–Crippen LogP) is 0.340. The van der Waals surface area contributed by atoms with Crippen molar-refractivity contribution < 1.29 is 4.74 Å². The zero-order valence-electron chi connectivity index (χ0n) is 5.85. The first-order valence-electron chi connectivity index (χ1n) is 2.92. The highest BCUT2D eigenvalue weighted by molar-refractivity contribution is 4.67. The molecular weight excluding hydrogens is 116 g/mol. The Balaban J connectivity index is 3.07. The molecule has 0 aliphatic rings. The van der Waals surface area contributed by atoms with Crippen molar-refractivity contribution in [2.45, 2.75) is 6.92 Å². The van der Waals surface area contributed by atoms with Crippen molar-refractivity contribution >= 4 is 0 Å². The summed E-state index contributed by atoms with van der Waals surface area (Å²) in [7, 11) is 1.66. The summed E-state index contributed by atoms with van der Waals surface area (Å²) < 4.78 is 4.85. The van der Waals surface area contributed by atoms with Gasteiger partial charge in [0.15, 0.2) is 6.19 Å². The molecule has 52 valence electrons. The first-order chi connectivity index (χ1) is 4.31. The lowest BCUT2D eigenvalue weighted by Gasteiger charge is -2.06. The third-order valence-corrected chi connectivity index (χ3v) is 0.981. The Morgan fingerprint density at radius 3 is 2.89 bits per heavy atom. The van der Waals surface area contributed by atoms with E-state index >= 15 is 0 Å². The SMILES string of the molecule is COCC(C)CNC#N. The molecule has 0 aliphatic heterocycles. The lowest BCUT2D eigenvalue weighted by atomic mass is 10.2. The first kappa shape index (κ1) is 8.25. The maximum Gasteiger partial charge on any atom is 0.176 e. The summed E-state index contributed by atoms with van der Waals surface area (Å²) in [5.74, 6) is 0.412. The van der Waals surface area contributed by atoms with Gasteiger partial charge in [-0.3, -0.25) is 0 Å². The Morgan fingerprint density at radius 1 is 1.78 bits per heavy atom. The lowest BCUT2D eigenvalue weighted by Crippen LogP contribution is -2.19. The van der Waals surface area contributed by atoms with E-state index in [-0.39, 0.29) is 0 Å². The van der Waals surface area contributed by atoms with Gasteiger partial charge >= 0.3 is 0 Å². The van der Waals surface area contributed by atoms with Crippen LogP contribution in [0.25, 0.3) is 0 Å². The zero-order valence-corrected chi connectivity index (χ0v) is 5.85. The second kappa shape index (κ2) is 5.39. The van der Waals surface area contributed by atoms with Crippen LogP contribution in [-0.2, 0) is 4.74 Å². The Hall–Kier alpha value is -0.750. The Morgan fingerprint density at radius 2 is 2.44 bits per heavy atom.